The number of Topliss-reactive ketones (excluding diaryl/α,β-unsaturated/α-hetero) is 1. The summed E-state index contributed by atoms with van der Waals surface area (Å²) in [6, 6.07) is 6.58. The van der Waals surface area contributed by atoms with Gasteiger partial charge >= 0.3 is 5.97 Å². The van der Waals surface area contributed by atoms with Crippen LogP contribution in [0.2, 0.25) is 0 Å². The van der Waals surface area contributed by atoms with Gasteiger partial charge in [0, 0.05) is 25.7 Å². The van der Waals surface area contributed by atoms with E-state index >= 15 is 0 Å². The Morgan fingerprint density at radius 3 is 2.46 bits per heavy atom. The summed E-state index contributed by atoms with van der Waals surface area (Å²) >= 11 is 0. The van der Waals surface area contributed by atoms with Crippen LogP contribution in [0.15, 0.2) is 24.3 Å². The van der Waals surface area contributed by atoms with E-state index in [4.69, 9.17) is 9.84 Å². The smallest absolute Gasteiger partial charge is 0.306 e. The molecule has 28 heavy (non-hydrogen) atoms. The molecule has 0 spiro atoms. The van der Waals surface area contributed by atoms with Gasteiger partial charge in [-0.15, -0.1) is 0 Å². The van der Waals surface area contributed by atoms with Crippen LogP contribution in [-0.4, -0.2) is 71.3 Å². The number of hydrogen-bond donors (Lipinski definition) is 1. The van der Waals surface area contributed by atoms with E-state index in [1.807, 2.05) is 0 Å². The van der Waals surface area contributed by atoms with Gasteiger partial charge in [0.25, 0.3) is 5.91 Å². The van der Waals surface area contributed by atoms with Crippen molar-refractivity contribution in [2.24, 2.45) is 5.92 Å². The Morgan fingerprint density at radius 1 is 1.25 bits per heavy atom. The fourth-order valence-corrected chi connectivity index (χ4v) is 3.11. The lowest BCUT2D eigenvalue weighted by Crippen LogP contribution is -2.47. The van der Waals surface area contributed by atoms with Gasteiger partial charge < -0.3 is 19.6 Å². The monoisotopic (exact) mass is 390 g/mol. The molecular formula is C20H26N2O6. The molecule has 2 amide bonds. The summed E-state index contributed by atoms with van der Waals surface area (Å²) in [6.07, 6.45) is 0.0212. The molecule has 1 fully saturated rings. The first-order valence-corrected chi connectivity index (χ1v) is 9.22. The highest BCUT2D eigenvalue weighted by Crippen LogP contribution is 2.18. The van der Waals surface area contributed by atoms with Crippen molar-refractivity contribution in [2.45, 2.75) is 32.8 Å². The maximum atomic E-state index is 12.5. The van der Waals surface area contributed by atoms with Crippen LogP contribution in [0.3, 0.4) is 0 Å². The number of carbonyl (C=O) groups is 4. The van der Waals surface area contributed by atoms with E-state index in [1.54, 1.807) is 36.1 Å². The van der Waals surface area contributed by atoms with Gasteiger partial charge in [-0.05, 0) is 38.8 Å². The highest BCUT2D eigenvalue weighted by atomic mass is 16.5. The van der Waals surface area contributed by atoms with E-state index in [0.717, 1.165) is 0 Å². The standard InChI is InChI=1S/C20H26N2O6/c1-13(23)16-5-4-6-17(11-16)28-14(2)19(25)21(3)12-18(24)22-9-7-15(8-10-22)20(26)27/h4-6,11,14-15H,7-10,12H2,1-3H3,(H,26,27). The number of rotatable bonds is 7. The van der Waals surface area contributed by atoms with Crippen LogP contribution in [0.1, 0.15) is 37.0 Å². The first kappa shape index (κ1) is 21.4. The highest BCUT2D eigenvalue weighted by molar-refractivity contribution is 5.94. The van der Waals surface area contributed by atoms with Crippen LogP contribution in [0, 0.1) is 5.92 Å². The van der Waals surface area contributed by atoms with Gasteiger partial charge in [-0.1, -0.05) is 12.1 Å². The Hall–Kier alpha value is -2.90. The Labute approximate surface area is 164 Å². The van der Waals surface area contributed by atoms with Crippen molar-refractivity contribution >= 4 is 23.6 Å². The number of carboxylic acids is 1. The number of hydrogen-bond acceptors (Lipinski definition) is 5. The second-order valence-electron chi connectivity index (χ2n) is 7.03. The Kier molecular flexibility index (Phi) is 7.14. The van der Waals surface area contributed by atoms with Gasteiger partial charge in [0.2, 0.25) is 5.91 Å². The molecule has 1 N–H and O–H groups in total. The molecule has 0 aliphatic carbocycles. The summed E-state index contributed by atoms with van der Waals surface area (Å²) < 4.78 is 5.62. The summed E-state index contributed by atoms with van der Waals surface area (Å²) in [5.41, 5.74) is 0.491. The third-order valence-corrected chi connectivity index (χ3v) is 4.85. The molecule has 1 aliphatic heterocycles. The largest absolute Gasteiger partial charge is 0.481 e. The summed E-state index contributed by atoms with van der Waals surface area (Å²) in [6.45, 7) is 3.69. The second kappa shape index (κ2) is 9.34. The average Bonchev–Trinajstić information content (AvgIpc) is 2.67. The van der Waals surface area contributed by atoms with E-state index in [0.29, 0.717) is 37.2 Å². The number of carbonyl (C=O) groups excluding carboxylic acids is 3. The van der Waals surface area contributed by atoms with Crippen LogP contribution in [0.25, 0.3) is 0 Å². The minimum atomic E-state index is -0.834. The summed E-state index contributed by atoms with van der Waals surface area (Å²) in [4.78, 5) is 50.2. The van der Waals surface area contributed by atoms with Crippen LogP contribution in [0.4, 0.5) is 0 Å². The number of aliphatic carboxylic acids is 1. The number of piperidine rings is 1. The third kappa shape index (κ3) is 5.55. The normalized spacial score (nSPS) is 15.6. The molecule has 1 heterocycles. The van der Waals surface area contributed by atoms with Gasteiger partial charge in [0.05, 0.1) is 12.5 Å². The summed E-state index contributed by atoms with van der Waals surface area (Å²) in [5, 5.41) is 9.02. The molecule has 8 nitrogen and oxygen atoms in total. The molecule has 1 unspecified atom stereocenters. The lowest BCUT2D eigenvalue weighted by Gasteiger charge is -2.31. The van der Waals surface area contributed by atoms with Crippen molar-refractivity contribution in [2.75, 3.05) is 26.7 Å². The fraction of sp³-hybridized carbons (Fsp3) is 0.500. The third-order valence-electron chi connectivity index (χ3n) is 4.85. The molecule has 0 saturated carbocycles. The van der Waals surface area contributed by atoms with Gasteiger partial charge in [-0.2, -0.15) is 0 Å². The van der Waals surface area contributed by atoms with Crippen molar-refractivity contribution in [1.29, 1.82) is 0 Å². The minimum absolute atomic E-state index is 0.0983. The molecule has 1 atom stereocenters. The van der Waals surface area contributed by atoms with Crippen molar-refractivity contribution in [3.8, 4) is 5.75 Å². The highest BCUT2D eigenvalue weighted by Gasteiger charge is 2.29. The fourth-order valence-electron chi connectivity index (χ4n) is 3.11. The number of ether oxygens (including phenoxy) is 1. The SMILES string of the molecule is CC(=O)c1cccc(OC(C)C(=O)N(C)CC(=O)N2CCC(C(=O)O)CC2)c1. The van der Waals surface area contributed by atoms with Gasteiger partial charge in [-0.25, -0.2) is 0 Å². The molecule has 152 valence electrons. The molecule has 0 bridgehead atoms. The number of benzene rings is 1. The molecule has 0 aromatic heterocycles. The molecule has 1 saturated heterocycles. The van der Waals surface area contributed by atoms with E-state index in [1.165, 1.54) is 18.9 Å². The zero-order chi connectivity index (χ0) is 20.8. The number of likely N-dealkylation sites (N-methyl/N-ethyl adjacent to an activating group) is 1. The van der Waals surface area contributed by atoms with E-state index < -0.39 is 18.0 Å². The molecular weight excluding hydrogens is 364 g/mol. The zero-order valence-corrected chi connectivity index (χ0v) is 16.4. The molecule has 1 aliphatic rings. The van der Waals surface area contributed by atoms with Crippen molar-refractivity contribution in [3.05, 3.63) is 29.8 Å². The number of ketones is 1. The van der Waals surface area contributed by atoms with Crippen molar-refractivity contribution in [1.82, 2.24) is 9.80 Å². The van der Waals surface area contributed by atoms with E-state index in [2.05, 4.69) is 0 Å². The van der Waals surface area contributed by atoms with Crippen LogP contribution in [0.5, 0.6) is 5.75 Å². The number of carboxylic acid groups (broad SMARTS) is 1. The first-order valence-electron chi connectivity index (χ1n) is 9.22. The predicted octanol–water partition coefficient (Wildman–Crippen LogP) is 1.44. The van der Waals surface area contributed by atoms with Gasteiger partial charge in [0.15, 0.2) is 11.9 Å². The Balaban J connectivity index is 1.87. The summed E-state index contributed by atoms with van der Waals surface area (Å²) in [5.74, 6) is -1.52. The van der Waals surface area contributed by atoms with Crippen LogP contribution >= 0.6 is 0 Å². The van der Waals surface area contributed by atoms with Crippen LogP contribution in [-0.2, 0) is 14.4 Å². The molecule has 0 radical (unpaired) electrons. The maximum absolute atomic E-state index is 12.5. The molecule has 1 aromatic rings. The molecule has 8 heteroatoms. The Bertz CT molecular complexity index is 755. The number of likely N-dealkylation sites (tertiary alicyclic amines) is 1. The van der Waals surface area contributed by atoms with Crippen molar-refractivity contribution in [3.63, 3.8) is 0 Å². The van der Waals surface area contributed by atoms with Gasteiger partial charge in [-0.3, -0.25) is 19.2 Å². The average molecular weight is 390 g/mol. The predicted molar refractivity (Wildman–Crippen MR) is 101 cm³/mol. The minimum Gasteiger partial charge on any atom is -0.481 e. The number of nitrogens with zero attached hydrogens (tertiary/aromatic N) is 2. The quantitative estimate of drug-likeness (QED) is 0.707. The molecule has 2 rings (SSSR count). The second-order valence-corrected chi connectivity index (χ2v) is 7.03. The van der Waals surface area contributed by atoms with E-state index in [-0.39, 0.29) is 24.1 Å². The van der Waals surface area contributed by atoms with Crippen LogP contribution < -0.4 is 4.74 Å². The lowest BCUT2D eigenvalue weighted by molar-refractivity contribution is -0.147. The van der Waals surface area contributed by atoms with E-state index in [9.17, 15) is 19.2 Å². The van der Waals surface area contributed by atoms with Gasteiger partial charge in [0.1, 0.15) is 5.75 Å². The van der Waals surface area contributed by atoms with Crippen molar-refractivity contribution < 1.29 is 29.0 Å². The zero-order valence-electron chi connectivity index (χ0n) is 16.4. The lowest BCUT2D eigenvalue weighted by atomic mass is 9.97. The maximum Gasteiger partial charge on any atom is 0.306 e. The Morgan fingerprint density at radius 2 is 1.89 bits per heavy atom. The summed E-state index contributed by atoms with van der Waals surface area (Å²) in [7, 11) is 1.52. The number of amides is 2. The molecule has 1 aromatic carbocycles. The first-order chi connectivity index (χ1) is 13.2. The topological polar surface area (TPSA) is 104 Å².